The Bertz CT molecular complexity index is 833. The molecule has 4 rings (SSSR count). The van der Waals surface area contributed by atoms with Gasteiger partial charge in [-0.25, -0.2) is 9.97 Å². The van der Waals surface area contributed by atoms with Gasteiger partial charge in [0.25, 0.3) is 5.91 Å². The van der Waals surface area contributed by atoms with Crippen LogP contribution in [0.1, 0.15) is 34.9 Å². The van der Waals surface area contributed by atoms with Crippen molar-refractivity contribution in [1.82, 2.24) is 29.4 Å². The number of likely N-dealkylation sites (tertiary alicyclic amines) is 1. The fraction of sp³-hybridized carbons (Fsp3) is 0.235. The second-order valence-electron chi connectivity index (χ2n) is 5.66. The quantitative estimate of drug-likeness (QED) is 0.738. The summed E-state index contributed by atoms with van der Waals surface area (Å²) < 4.78 is 1.81. The predicted octanol–water partition coefficient (Wildman–Crippen LogP) is 2.03. The van der Waals surface area contributed by atoms with E-state index in [9.17, 15) is 4.79 Å². The molecule has 0 bridgehead atoms. The average Bonchev–Trinajstić information content (AvgIpc) is 3.34. The minimum absolute atomic E-state index is 0.00901. The third-order valence-corrected chi connectivity index (χ3v) is 4.19. The van der Waals surface area contributed by atoms with Crippen LogP contribution in [0.15, 0.2) is 55.6 Å². The van der Waals surface area contributed by atoms with E-state index in [1.54, 1.807) is 54.0 Å². The summed E-state index contributed by atoms with van der Waals surface area (Å²) in [6.07, 6.45) is 13.7. The van der Waals surface area contributed by atoms with E-state index in [0.717, 1.165) is 25.1 Å². The lowest BCUT2D eigenvalue weighted by atomic mass is 10.1. The molecule has 0 saturated carbocycles. The Kier molecular flexibility index (Phi) is 3.74. The van der Waals surface area contributed by atoms with E-state index in [1.807, 2.05) is 11.1 Å². The molecule has 7 nitrogen and oxygen atoms in total. The van der Waals surface area contributed by atoms with E-state index >= 15 is 0 Å². The number of rotatable bonds is 3. The van der Waals surface area contributed by atoms with Crippen LogP contribution >= 0.6 is 0 Å². The smallest absolute Gasteiger partial charge is 0.254 e. The topological polar surface area (TPSA) is 76.8 Å². The summed E-state index contributed by atoms with van der Waals surface area (Å²) in [5.41, 5.74) is 1.46. The van der Waals surface area contributed by atoms with Crippen LogP contribution < -0.4 is 0 Å². The van der Waals surface area contributed by atoms with E-state index in [4.69, 9.17) is 0 Å². The van der Waals surface area contributed by atoms with E-state index < -0.39 is 0 Å². The van der Waals surface area contributed by atoms with Gasteiger partial charge in [0.1, 0.15) is 6.33 Å². The molecule has 3 aromatic heterocycles. The van der Waals surface area contributed by atoms with Gasteiger partial charge in [0, 0.05) is 36.9 Å². The highest BCUT2D eigenvalue weighted by molar-refractivity contribution is 5.94. The molecule has 4 heterocycles. The van der Waals surface area contributed by atoms with Crippen LogP contribution in [0.3, 0.4) is 0 Å². The first-order valence-corrected chi connectivity index (χ1v) is 7.84. The third kappa shape index (κ3) is 2.64. The molecule has 0 spiro atoms. The molecule has 3 aromatic rings. The first-order chi connectivity index (χ1) is 11.8. The molecule has 0 aliphatic carbocycles. The molecule has 0 unspecified atom stereocenters. The second kappa shape index (κ2) is 6.19. The Hall–Kier alpha value is -3.09. The molecule has 1 amide bonds. The number of pyridine rings is 1. The van der Waals surface area contributed by atoms with Gasteiger partial charge in [-0.05, 0) is 25.0 Å². The molecule has 1 saturated heterocycles. The van der Waals surface area contributed by atoms with E-state index in [2.05, 4.69) is 19.9 Å². The van der Waals surface area contributed by atoms with Crippen LogP contribution in [-0.4, -0.2) is 41.9 Å². The lowest BCUT2D eigenvalue weighted by molar-refractivity contribution is 0.0732. The Labute approximate surface area is 139 Å². The minimum atomic E-state index is -0.0540. The van der Waals surface area contributed by atoms with Crippen molar-refractivity contribution in [3.05, 3.63) is 66.9 Å². The van der Waals surface area contributed by atoms with Gasteiger partial charge in [0.15, 0.2) is 5.82 Å². The molecule has 0 aromatic carbocycles. The Morgan fingerprint density at radius 3 is 2.75 bits per heavy atom. The molecule has 0 N–H and O–H groups in total. The summed E-state index contributed by atoms with van der Waals surface area (Å²) in [7, 11) is 0. The Balaban J connectivity index is 1.64. The maximum Gasteiger partial charge on any atom is 0.254 e. The van der Waals surface area contributed by atoms with Crippen LogP contribution in [0.4, 0.5) is 0 Å². The predicted molar refractivity (Wildman–Crippen MR) is 86.4 cm³/mol. The van der Waals surface area contributed by atoms with Crippen molar-refractivity contribution in [3.8, 4) is 5.82 Å². The maximum absolute atomic E-state index is 12.8. The zero-order chi connectivity index (χ0) is 16.4. The van der Waals surface area contributed by atoms with E-state index in [0.29, 0.717) is 11.4 Å². The monoisotopic (exact) mass is 320 g/mol. The number of amides is 1. The minimum Gasteiger partial charge on any atom is -0.330 e. The highest BCUT2D eigenvalue weighted by Gasteiger charge is 2.31. The molecule has 1 aliphatic rings. The van der Waals surface area contributed by atoms with Crippen molar-refractivity contribution in [2.45, 2.75) is 18.9 Å². The van der Waals surface area contributed by atoms with Gasteiger partial charge in [-0.1, -0.05) is 0 Å². The molecule has 1 aliphatic heterocycles. The Morgan fingerprint density at radius 2 is 1.96 bits per heavy atom. The van der Waals surface area contributed by atoms with Crippen molar-refractivity contribution in [1.29, 1.82) is 0 Å². The van der Waals surface area contributed by atoms with Gasteiger partial charge in [-0.2, -0.15) is 0 Å². The highest BCUT2D eigenvalue weighted by atomic mass is 16.2. The first-order valence-electron chi connectivity index (χ1n) is 7.84. The summed E-state index contributed by atoms with van der Waals surface area (Å²) in [4.78, 5) is 31.6. The van der Waals surface area contributed by atoms with Gasteiger partial charge in [0.05, 0.1) is 24.1 Å². The average molecular weight is 320 g/mol. The largest absolute Gasteiger partial charge is 0.330 e. The number of hydrogen-bond acceptors (Lipinski definition) is 5. The lowest BCUT2D eigenvalue weighted by Crippen LogP contribution is -2.31. The van der Waals surface area contributed by atoms with Gasteiger partial charge in [-0.3, -0.25) is 19.3 Å². The number of hydrogen-bond donors (Lipinski definition) is 0. The SMILES string of the molecule is O=C(c1ccncc1)N1CCC[C@@H]1c1cncc(-n2ccnc2)n1. The van der Waals surface area contributed by atoms with Crippen LogP contribution in [0.5, 0.6) is 0 Å². The molecule has 1 fully saturated rings. The van der Waals surface area contributed by atoms with E-state index in [1.165, 1.54) is 0 Å². The number of carbonyl (C=O) groups is 1. The van der Waals surface area contributed by atoms with Gasteiger partial charge < -0.3 is 4.90 Å². The van der Waals surface area contributed by atoms with Crippen molar-refractivity contribution >= 4 is 5.91 Å². The zero-order valence-corrected chi connectivity index (χ0v) is 13.0. The van der Waals surface area contributed by atoms with Crippen LogP contribution in [-0.2, 0) is 0 Å². The summed E-state index contributed by atoms with van der Waals surface area (Å²) in [5.74, 6) is 0.711. The third-order valence-electron chi connectivity index (χ3n) is 4.19. The zero-order valence-electron chi connectivity index (χ0n) is 13.0. The highest BCUT2D eigenvalue weighted by Crippen LogP contribution is 2.32. The summed E-state index contributed by atoms with van der Waals surface area (Å²) in [6, 6.07) is 3.43. The molecule has 0 radical (unpaired) electrons. The van der Waals surface area contributed by atoms with Gasteiger partial charge in [-0.15, -0.1) is 0 Å². The number of nitrogens with zero attached hydrogens (tertiary/aromatic N) is 6. The maximum atomic E-state index is 12.8. The fourth-order valence-corrected chi connectivity index (χ4v) is 3.03. The summed E-state index contributed by atoms with van der Waals surface area (Å²) in [5, 5.41) is 0. The van der Waals surface area contributed by atoms with Gasteiger partial charge in [0.2, 0.25) is 0 Å². The second-order valence-corrected chi connectivity index (χ2v) is 5.66. The lowest BCUT2D eigenvalue weighted by Gasteiger charge is -2.24. The Morgan fingerprint density at radius 1 is 1.08 bits per heavy atom. The molecule has 7 heteroatoms. The number of imidazole rings is 1. The van der Waals surface area contributed by atoms with Crippen molar-refractivity contribution in [3.63, 3.8) is 0 Å². The number of aromatic nitrogens is 5. The molecular formula is C17H16N6O. The van der Waals surface area contributed by atoms with Crippen LogP contribution in [0, 0.1) is 0 Å². The number of carbonyl (C=O) groups excluding carboxylic acids is 1. The van der Waals surface area contributed by atoms with Crippen molar-refractivity contribution in [2.75, 3.05) is 6.54 Å². The molecule has 1 atom stereocenters. The van der Waals surface area contributed by atoms with Gasteiger partial charge >= 0.3 is 0 Å². The standard InChI is InChI=1S/C17H16N6O/c24-17(13-3-5-18-6-4-13)23-8-1-2-15(23)14-10-20-11-16(21-14)22-9-7-19-12-22/h3-7,9-12,15H,1-2,8H2/t15-/m1/s1. The van der Waals surface area contributed by atoms with Crippen LogP contribution in [0.2, 0.25) is 0 Å². The normalized spacial score (nSPS) is 17.2. The van der Waals surface area contributed by atoms with E-state index in [-0.39, 0.29) is 11.9 Å². The van der Waals surface area contributed by atoms with Crippen molar-refractivity contribution < 1.29 is 4.79 Å². The van der Waals surface area contributed by atoms with Crippen LogP contribution in [0.25, 0.3) is 5.82 Å². The summed E-state index contributed by atoms with van der Waals surface area (Å²) >= 11 is 0. The summed E-state index contributed by atoms with van der Waals surface area (Å²) in [6.45, 7) is 0.725. The molecule has 24 heavy (non-hydrogen) atoms. The van der Waals surface area contributed by atoms with Crippen molar-refractivity contribution in [2.24, 2.45) is 0 Å². The molecular weight excluding hydrogens is 304 g/mol. The fourth-order valence-electron chi connectivity index (χ4n) is 3.03. The first kappa shape index (κ1) is 14.5. The molecule has 120 valence electrons.